The van der Waals surface area contributed by atoms with Crippen LogP contribution >= 0.6 is 0 Å². The predicted molar refractivity (Wildman–Crippen MR) is 104 cm³/mol. The lowest BCUT2D eigenvalue weighted by Gasteiger charge is -2.39. The molecule has 1 heterocycles. The van der Waals surface area contributed by atoms with Crippen molar-refractivity contribution >= 4 is 5.78 Å². The molecule has 27 heavy (non-hydrogen) atoms. The number of ketones is 1. The molecule has 4 N–H and O–H groups in total. The normalized spacial score (nSPS) is 28.7. The molecule has 0 spiro atoms. The van der Waals surface area contributed by atoms with Gasteiger partial charge in [0.25, 0.3) is 0 Å². The molecule has 0 aliphatic carbocycles. The molecule has 0 aromatic rings. The number of aliphatic hydroxyl groups excluding tert-OH is 4. The van der Waals surface area contributed by atoms with Gasteiger partial charge in [-0.25, -0.2) is 0 Å². The molecule has 5 atom stereocenters. The molecule has 0 bridgehead atoms. The summed E-state index contributed by atoms with van der Waals surface area (Å²) in [5, 5.41) is 38.6. The van der Waals surface area contributed by atoms with Gasteiger partial charge in [-0.3, -0.25) is 4.79 Å². The highest BCUT2D eigenvalue weighted by atomic mass is 16.5. The van der Waals surface area contributed by atoms with Crippen molar-refractivity contribution in [1.82, 2.24) is 0 Å². The number of aliphatic hydroxyl groups is 4. The van der Waals surface area contributed by atoms with E-state index in [0.29, 0.717) is 0 Å². The number of unbranched alkanes of at least 4 members (excludes halogenated alkanes) is 9. The summed E-state index contributed by atoms with van der Waals surface area (Å²) in [4.78, 5) is 12.0. The molecule has 0 radical (unpaired) electrons. The zero-order chi connectivity index (χ0) is 20.1. The summed E-state index contributed by atoms with van der Waals surface area (Å²) in [6, 6.07) is 0. The number of hydrogen-bond acceptors (Lipinski definition) is 6. The maximum absolute atomic E-state index is 12.0. The zero-order valence-corrected chi connectivity index (χ0v) is 16.6. The minimum absolute atomic E-state index is 0.0876. The smallest absolute Gasteiger partial charge is 0.158 e. The Morgan fingerprint density at radius 1 is 0.852 bits per heavy atom. The van der Waals surface area contributed by atoms with Crippen LogP contribution in [0.5, 0.6) is 0 Å². The first-order valence-electron chi connectivity index (χ1n) is 10.5. The first-order valence-corrected chi connectivity index (χ1v) is 10.5. The number of carbonyl (C=O) groups excluding carboxylic acids is 1. The third-order valence-corrected chi connectivity index (χ3v) is 5.17. The number of carbonyl (C=O) groups is 1. The van der Waals surface area contributed by atoms with Crippen molar-refractivity contribution in [2.24, 2.45) is 0 Å². The van der Waals surface area contributed by atoms with E-state index in [1.807, 2.05) is 6.08 Å². The minimum Gasteiger partial charge on any atom is -0.394 e. The fourth-order valence-electron chi connectivity index (χ4n) is 3.40. The van der Waals surface area contributed by atoms with Crippen LogP contribution in [0.25, 0.3) is 0 Å². The monoisotopic (exact) mass is 386 g/mol. The van der Waals surface area contributed by atoms with Crippen LogP contribution in [-0.4, -0.2) is 63.3 Å². The summed E-state index contributed by atoms with van der Waals surface area (Å²) in [6.07, 6.45) is 9.37. The molecule has 6 nitrogen and oxygen atoms in total. The number of rotatable bonds is 14. The Bertz CT molecular complexity index is 423. The second-order valence-electron chi connectivity index (χ2n) is 7.56. The standard InChI is InChI=1S/C21H38O6/c1-2-3-4-5-6-7-8-9-10-11-12-13-16(23)14-17-19(24)21(26)20(25)18(15-22)27-17/h12-13,17-22,24-26H,2-11,14-15H2,1H3/b13-12+/t17?,18?,19-,20-,21-/m1/s1. The zero-order valence-electron chi connectivity index (χ0n) is 16.6. The van der Waals surface area contributed by atoms with Gasteiger partial charge in [0, 0.05) is 6.42 Å². The molecule has 1 fully saturated rings. The van der Waals surface area contributed by atoms with Gasteiger partial charge in [0.05, 0.1) is 12.7 Å². The summed E-state index contributed by atoms with van der Waals surface area (Å²) in [7, 11) is 0. The predicted octanol–water partition coefficient (Wildman–Crippen LogP) is 2.27. The third kappa shape index (κ3) is 9.30. The molecule has 1 aliphatic heterocycles. The SMILES string of the molecule is CCCCCCCCCCC/C=C/C(=O)CC1OC(CO)[C@@H](O)[C@H](O)[C@@H]1O. The van der Waals surface area contributed by atoms with Crippen LogP contribution in [0.2, 0.25) is 0 Å². The van der Waals surface area contributed by atoms with E-state index in [-0.39, 0.29) is 12.2 Å². The van der Waals surface area contributed by atoms with E-state index in [9.17, 15) is 20.1 Å². The summed E-state index contributed by atoms with van der Waals surface area (Å²) >= 11 is 0. The van der Waals surface area contributed by atoms with E-state index in [1.54, 1.807) is 0 Å². The Hall–Kier alpha value is -0.790. The quantitative estimate of drug-likeness (QED) is 0.269. The van der Waals surface area contributed by atoms with Crippen molar-refractivity contribution in [2.75, 3.05) is 6.61 Å². The Kier molecular flexibility index (Phi) is 12.8. The highest BCUT2D eigenvalue weighted by Crippen LogP contribution is 2.23. The lowest BCUT2D eigenvalue weighted by atomic mass is 9.92. The van der Waals surface area contributed by atoms with Crippen LogP contribution in [0.15, 0.2) is 12.2 Å². The highest BCUT2D eigenvalue weighted by molar-refractivity contribution is 5.90. The number of hydrogen-bond donors (Lipinski definition) is 4. The highest BCUT2D eigenvalue weighted by Gasteiger charge is 2.43. The van der Waals surface area contributed by atoms with Crippen LogP contribution in [0.4, 0.5) is 0 Å². The summed E-state index contributed by atoms with van der Waals surface area (Å²) in [5.74, 6) is -0.199. The van der Waals surface area contributed by atoms with Crippen LogP contribution in [0.1, 0.15) is 77.6 Å². The molecule has 0 saturated carbocycles. The van der Waals surface area contributed by atoms with Gasteiger partial charge in [-0.15, -0.1) is 0 Å². The van der Waals surface area contributed by atoms with Gasteiger partial charge in [0.2, 0.25) is 0 Å². The molecule has 0 aromatic heterocycles. The van der Waals surface area contributed by atoms with E-state index >= 15 is 0 Å². The van der Waals surface area contributed by atoms with E-state index < -0.39 is 37.1 Å². The first-order chi connectivity index (χ1) is 13.0. The largest absolute Gasteiger partial charge is 0.394 e. The van der Waals surface area contributed by atoms with Gasteiger partial charge in [0.15, 0.2) is 5.78 Å². The maximum atomic E-state index is 12.0. The fraction of sp³-hybridized carbons (Fsp3) is 0.857. The molecule has 158 valence electrons. The van der Waals surface area contributed by atoms with Crippen molar-refractivity contribution < 1.29 is 30.0 Å². The molecule has 0 amide bonds. The molecule has 2 unspecified atom stereocenters. The molecular weight excluding hydrogens is 348 g/mol. The fourth-order valence-corrected chi connectivity index (χ4v) is 3.40. The minimum atomic E-state index is -1.43. The van der Waals surface area contributed by atoms with Crippen molar-refractivity contribution in [3.8, 4) is 0 Å². The average Bonchev–Trinajstić information content (AvgIpc) is 2.66. The lowest BCUT2D eigenvalue weighted by Crippen LogP contribution is -2.58. The Labute approximate surface area is 163 Å². The van der Waals surface area contributed by atoms with Gasteiger partial charge in [-0.1, -0.05) is 64.4 Å². The van der Waals surface area contributed by atoms with Crippen LogP contribution in [0, 0.1) is 0 Å². The molecule has 0 aromatic carbocycles. The van der Waals surface area contributed by atoms with Gasteiger partial charge >= 0.3 is 0 Å². The van der Waals surface area contributed by atoms with Crippen LogP contribution < -0.4 is 0 Å². The van der Waals surface area contributed by atoms with Crippen molar-refractivity contribution in [1.29, 1.82) is 0 Å². The van der Waals surface area contributed by atoms with E-state index in [4.69, 9.17) is 9.84 Å². The van der Waals surface area contributed by atoms with E-state index in [1.165, 1.54) is 57.4 Å². The van der Waals surface area contributed by atoms with Gasteiger partial charge < -0.3 is 25.2 Å². The van der Waals surface area contributed by atoms with Gasteiger partial charge in [-0.05, 0) is 18.9 Å². The van der Waals surface area contributed by atoms with Crippen molar-refractivity contribution in [3.63, 3.8) is 0 Å². The molecule has 6 heteroatoms. The summed E-state index contributed by atoms with van der Waals surface area (Å²) in [5.41, 5.74) is 0. The Balaban J connectivity index is 2.15. The Morgan fingerprint density at radius 2 is 1.41 bits per heavy atom. The number of ether oxygens (including phenoxy) is 1. The van der Waals surface area contributed by atoms with Gasteiger partial charge in [-0.2, -0.15) is 0 Å². The second-order valence-corrected chi connectivity index (χ2v) is 7.56. The molecule has 1 rings (SSSR count). The Morgan fingerprint density at radius 3 is 2.00 bits per heavy atom. The van der Waals surface area contributed by atoms with E-state index in [2.05, 4.69) is 6.92 Å². The van der Waals surface area contributed by atoms with Crippen LogP contribution in [0.3, 0.4) is 0 Å². The maximum Gasteiger partial charge on any atom is 0.158 e. The average molecular weight is 387 g/mol. The first kappa shape index (κ1) is 24.2. The topological polar surface area (TPSA) is 107 Å². The molecule has 1 aliphatic rings. The number of allylic oxidation sites excluding steroid dienone is 2. The molecular formula is C21H38O6. The summed E-state index contributed by atoms with van der Waals surface area (Å²) < 4.78 is 5.34. The van der Waals surface area contributed by atoms with Crippen molar-refractivity contribution in [3.05, 3.63) is 12.2 Å². The third-order valence-electron chi connectivity index (χ3n) is 5.17. The van der Waals surface area contributed by atoms with Crippen molar-refractivity contribution in [2.45, 2.75) is 108 Å². The van der Waals surface area contributed by atoms with E-state index in [0.717, 1.165) is 12.8 Å². The summed E-state index contributed by atoms with van der Waals surface area (Å²) in [6.45, 7) is 1.74. The van der Waals surface area contributed by atoms with Crippen LogP contribution in [-0.2, 0) is 9.53 Å². The second kappa shape index (κ2) is 14.2. The van der Waals surface area contributed by atoms with Gasteiger partial charge in [0.1, 0.15) is 24.4 Å². The lowest BCUT2D eigenvalue weighted by molar-refractivity contribution is -0.229. The molecule has 1 saturated heterocycles.